The summed E-state index contributed by atoms with van der Waals surface area (Å²) in [6.45, 7) is 3.53. The van der Waals surface area contributed by atoms with Crippen LogP contribution in [-0.2, 0) is 4.79 Å². The summed E-state index contributed by atoms with van der Waals surface area (Å²) in [5.41, 5.74) is -1.67. The van der Waals surface area contributed by atoms with E-state index < -0.39 is 17.0 Å². The van der Waals surface area contributed by atoms with Gasteiger partial charge in [-0.05, 0) is 32.6 Å². The summed E-state index contributed by atoms with van der Waals surface area (Å²) < 4.78 is 0. The van der Waals surface area contributed by atoms with Gasteiger partial charge in [0.1, 0.15) is 5.60 Å². The van der Waals surface area contributed by atoms with Gasteiger partial charge in [-0.2, -0.15) is 5.26 Å². The number of allylic oxidation sites excluding steroid dienone is 1. The second kappa shape index (κ2) is 5.91. The number of rotatable bonds is 5. The van der Waals surface area contributed by atoms with Crippen molar-refractivity contribution in [1.82, 2.24) is 0 Å². The van der Waals surface area contributed by atoms with Gasteiger partial charge in [0.25, 0.3) is 0 Å². The molecule has 1 aliphatic carbocycles. The van der Waals surface area contributed by atoms with Crippen LogP contribution in [0.2, 0.25) is 0 Å². The molecule has 1 aliphatic rings. The number of aliphatic carboxylic acids is 1. The van der Waals surface area contributed by atoms with Crippen LogP contribution in [0.5, 0.6) is 0 Å². The van der Waals surface area contributed by atoms with E-state index in [-0.39, 0.29) is 0 Å². The summed E-state index contributed by atoms with van der Waals surface area (Å²) in [4.78, 5) is 10.7. The number of nitrogens with zero attached hydrogens (tertiary/aromatic N) is 1. The van der Waals surface area contributed by atoms with E-state index in [4.69, 9.17) is 10.4 Å². The number of hydrogen-bond donors (Lipinski definition) is 2. The predicted octanol–water partition coefficient (Wildman–Crippen LogP) is 2.25. The summed E-state index contributed by atoms with van der Waals surface area (Å²) in [5.74, 6) is 4.37. The highest BCUT2D eigenvalue weighted by Gasteiger charge is 2.56. The topological polar surface area (TPSA) is 81.3 Å². The highest BCUT2D eigenvalue weighted by atomic mass is 16.4. The molecule has 1 atom stereocenters. The van der Waals surface area contributed by atoms with Crippen molar-refractivity contribution in [1.29, 1.82) is 5.26 Å². The average molecular weight is 261 g/mol. The van der Waals surface area contributed by atoms with Crippen LogP contribution in [0, 0.1) is 28.6 Å². The molecule has 0 bridgehead atoms. The first kappa shape index (κ1) is 15.3. The molecular weight excluding hydrogens is 242 g/mol. The van der Waals surface area contributed by atoms with Crippen LogP contribution < -0.4 is 0 Å². The molecule has 0 aromatic heterocycles. The Labute approximate surface area is 113 Å². The lowest BCUT2D eigenvalue weighted by atomic mass is 9.87. The zero-order chi connectivity index (χ0) is 14.5. The van der Waals surface area contributed by atoms with Gasteiger partial charge in [0.05, 0.1) is 11.5 Å². The molecular formula is C15H19NO3. The second-order valence-corrected chi connectivity index (χ2v) is 5.13. The van der Waals surface area contributed by atoms with Crippen molar-refractivity contribution in [2.75, 3.05) is 0 Å². The van der Waals surface area contributed by atoms with Crippen LogP contribution in [0.1, 0.15) is 46.0 Å². The zero-order valence-corrected chi connectivity index (χ0v) is 11.4. The van der Waals surface area contributed by atoms with Gasteiger partial charge in [0.15, 0.2) is 0 Å². The first-order valence-corrected chi connectivity index (χ1v) is 6.47. The van der Waals surface area contributed by atoms with Crippen molar-refractivity contribution in [2.45, 2.75) is 51.6 Å². The highest BCUT2D eigenvalue weighted by Crippen LogP contribution is 2.53. The van der Waals surface area contributed by atoms with Gasteiger partial charge in [0, 0.05) is 11.6 Å². The summed E-state index contributed by atoms with van der Waals surface area (Å²) >= 11 is 0. The first-order chi connectivity index (χ1) is 8.87. The maximum absolute atomic E-state index is 10.7. The molecule has 2 N–H and O–H groups in total. The summed E-state index contributed by atoms with van der Waals surface area (Å²) in [6.07, 6.45) is 4.71. The number of carbonyl (C=O) groups is 1. The molecule has 1 fully saturated rings. The van der Waals surface area contributed by atoms with E-state index in [0.29, 0.717) is 24.8 Å². The minimum atomic E-state index is -1.38. The summed E-state index contributed by atoms with van der Waals surface area (Å²) in [7, 11) is 0. The molecule has 0 radical (unpaired) electrons. The van der Waals surface area contributed by atoms with E-state index in [2.05, 4.69) is 17.9 Å². The van der Waals surface area contributed by atoms with Gasteiger partial charge < -0.3 is 10.2 Å². The van der Waals surface area contributed by atoms with Crippen molar-refractivity contribution >= 4 is 5.97 Å². The van der Waals surface area contributed by atoms with Crippen molar-refractivity contribution in [3.63, 3.8) is 0 Å². The molecule has 1 saturated carbocycles. The Kier molecular flexibility index (Phi) is 4.75. The maximum atomic E-state index is 10.7. The average Bonchev–Trinajstić information content (AvgIpc) is 3.13. The third-order valence-electron chi connectivity index (χ3n) is 3.46. The van der Waals surface area contributed by atoms with Gasteiger partial charge in [-0.15, -0.1) is 0 Å². The van der Waals surface area contributed by atoms with Crippen molar-refractivity contribution in [3.8, 4) is 17.9 Å². The lowest BCUT2D eigenvalue weighted by Gasteiger charge is -2.21. The predicted molar refractivity (Wildman–Crippen MR) is 70.9 cm³/mol. The highest BCUT2D eigenvalue weighted by molar-refractivity contribution is 5.81. The molecule has 19 heavy (non-hydrogen) atoms. The van der Waals surface area contributed by atoms with Gasteiger partial charge in [0.2, 0.25) is 0 Å². The molecule has 0 saturated heterocycles. The number of unbranched alkanes of at least 4 members (excludes halogenated alkanes) is 1. The first-order valence-electron chi connectivity index (χ1n) is 6.47. The molecule has 0 aliphatic heterocycles. The summed E-state index contributed by atoms with van der Waals surface area (Å²) in [5, 5.41) is 28.1. The molecule has 0 aromatic rings. The maximum Gasteiger partial charge on any atom is 0.329 e. The monoisotopic (exact) mass is 261 g/mol. The van der Waals surface area contributed by atoms with Gasteiger partial charge in [-0.25, -0.2) is 4.79 Å². The fourth-order valence-electron chi connectivity index (χ4n) is 1.84. The van der Waals surface area contributed by atoms with E-state index in [9.17, 15) is 9.90 Å². The lowest BCUT2D eigenvalue weighted by Crippen LogP contribution is -2.33. The molecule has 0 aromatic carbocycles. The Balaban J connectivity index is 2.89. The molecule has 4 heteroatoms. The van der Waals surface area contributed by atoms with Crippen molar-refractivity contribution in [2.24, 2.45) is 5.41 Å². The quantitative estimate of drug-likeness (QED) is 0.587. The van der Waals surface area contributed by atoms with Crippen molar-refractivity contribution < 1.29 is 15.0 Å². The Morgan fingerprint density at radius 1 is 1.53 bits per heavy atom. The smallest absolute Gasteiger partial charge is 0.329 e. The molecule has 0 amide bonds. The molecule has 1 rings (SSSR count). The van der Waals surface area contributed by atoms with E-state index in [0.717, 1.165) is 18.9 Å². The molecule has 0 heterocycles. The Bertz CT molecular complexity index is 482. The normalized spacial score (nSPS) is 19.6. The van der Waals surface area contributed by atoms with Crippen LogP contribution in [0.15, 0.2) is 11.6 Å². The number of aliphatic hydroxyl groups is 1. The Morgan fingerprint density at radius 3 is 2.58 bits per heavy atom. The number of hydrogen-bond acceptors (Lipinski definition) is 3. The van der Waals surface area contributed by atoms with Crippen LogP contribution >= 0.6 is 0 Å². The van der Waals surface area contributed by atoms with Crippen LogP contribution in [-0.4, -0.2) is 21.8 Å². The Hall–Kier alpha value is -1.78. The minimum absolute atomic E-state index is 0.489. The fraction of sp³-hybridized carbons (Fsp3) is 0.600. The van der Waals surface area contributed by atoms with Gasteiger partial charge in [-0.1, -0.05) is 25.2 Å². The zero-order valence-electron chi connectivity index (χ0n) is 11.4. The van der Waals surface area contributed by atoms with Gasteiger partial charge in [-0.3, -0.25) is 0 Å². The van der Waals surface area contributed by atoms with E-state index in [1.165, 1.54) is 6.92 Å². The van der Waals surface area contributed by atoms with E-state index in [1.54, 1.807) is 0 Å². The van der Waals surface area contributed by atoms with Crippen LogP contribution in [0.25, 0.3) is 0 Å². The van der Waals surface area contributed by atoms with Crippen LogP contribution in [0.3, 0.4) is 0 Å². The molecule has 0 unspecified atom stereocenters. The summed E-state index contributed by atoms with van der Waals surface area (Å²) in [6, 6.07) is 2.11. The number of nitriles is 1. The Morgan fingerprint density at radius 2 is 2.16 bits per heavy atom. The molecule has 0 spiro atoms. The van der Waals surface area contributed by atoms with Crippen molar-refractivity contribution in [3.05, 3.63) is 11.6 Å². The van der Waals surface area contributed by atoms with Crippen LogP contribution in [0.4, 0.5) is 0 Å². The minimum Gasteiger partial charge on any atom is -0.478 e. The third-order valence-corrected chi connectivity index (χ3v) is 3.46. The van der Waals surface area contributed by atoms with E-state index >= 15 is 0 Å². The fourth-order valence-corrected chi connectivity index (χ4v) is 1.84. The van der Waals surface area contributed by atoms with E-state index in [1.807, 2.05) is 6.92 Å². The number of carboxylic acids is 1. The standard InChI is InChI=1S/C15H19NO3/c1-3-4-5-12(10-13(17)18)6-7-14(2,19)15(11-16)8-9-15/h10,19H,3-5,8-9H2,1-2H3,(H,17,18)/b12-10-/t14-/m0/s1. The molecule has 4 nitrogen and oxygen atoms in total. The molecule has 102 valence electrons. The lowest BCUT2D eigenvalue weighted by molar-refractivity contribution is -0.131. The number of carboxylic acid groups (broad SMARTS) is 1. The van der Waals surface area contributed by atoms with Gasteiger partial charge >= 0.3 is 5.97 Å². The second-order valence-electron chi connectivity index (χ2n) is 5.13. The SMILES string of the molecule is CCCC/C(C#C[C@](C)(O)C1(C#N)CC1)=C/C(=O)O. The largest absolute Gasteiger partial charge is 0.478 e. The third kappa shape index (κ3) is 3.84.